The Morgan fingerprint density at radius 2 is 2.12 bits per heavy atom. The number of pyridine rings is 1. The highest BCUT2D eigenvalue weighted by molar-refractivity contribution is 5.43. The van der Waals surface area contributed by atoms with Crippen LogP contribution in [-0.4, -0.2) is 32.8 Å². The first-order chi connectivity index (χ1) is 7.81. The first-order valence-electron chi connectivity index (χ1n) is 5.04. The second kappa shape index (κ2) is 6.70. The van der Waals surface area contributed by atoms with E-state index in [1.807, 2.05) is 13.1 Å². The summed E-state index contributed by atoms with van der Waals surface area (Å²) in [6, 6.07) is 3.61. The zero-order valence-corrected chi connectivity index (χ0v) is 9.83. The molecule has 0 fully saturated rings. The molecule has 86 valence electrons. The topological polar surface area (TPSA) is 43.4 Å². The average Bonchev–Trinajstić information content (AvgIpc) is 2.34. The number of aromatic nitrogens is 1. The minimum Gasteiger partial charge on any atom is -0.481 e. The molecule has 0 aliphatic heterocycles. The zero-order valence-electron chi connectivity index (χ0n) is 9.83. The lowest BCUT2D eigenvalue weighted by molar-refractivity contribution is 0.364. The van der Waals surface area contributed by atoms with Crippen molar-refractivity contribution < 1.29 is 9.47 Å². The Hall–Kier alpha value is -1.73. The maximum absolute atomic E-state index is 5.14. The van der Waals surface area contributed by atoms with Crippen LogP contribution in [0.3, 0.4) is 0 Å². The van der Waals surface area contributed by atoms with Gasteiger partial charge in [0.15, 0.2) is 0 Å². The van der Waals surface area contributed by atoms with Gasteiger partial charge in [0.2, 0.25) is 11.8 Å². The third kappa shape index (κ3) is 3.44. The Labute approximate surface area is 96.0 Å². The average molecular weight is 220 g/mol. The molecule has 0 bridgehead atoms. The van der Waals surface area contributed by atoms with E-state index in [4.69, 9.17) is 9.47 Å². The van der Waals surface area contributed by atoms with Gasteiger partial charge in [-0.25, -0.2) is 0 Å². The van der Waals surface area contributed by atoms with E-state index in [2.05, 4.69) is 22.1 Å². The standard InChI is InChI=1S/C12H16N2O2/c1-13-9-5-4-6-10-7-8-11(15-2)14-12(10)16-3/h7-8,13H,5,9H2,1-3H3. The Bertz CT molecular complexity index is 394. The quantitative estimate of drug-likeness (QED) is 0.608. The van der Waals surface area contributed by atoms with Gasteiger partial charge in [-0.3, -0.25) is 0 Å². The molecule has 0 radical (unpaired) electrons. The fourth-order valence-corrected chi connectivity index (χ4v) is 1.13. The second-order valence-electron chi connectivity index (χ2n) is 3.07. The van der Waals surface area contributed by atoms with E-state index < -0.39 is 0 Å². The van der Waals surface area contributed by atoms with Crippen molar-refractivity contribution in [3.8, 4) is 23.6 Å². The Balaban J connectivity index is 2.81. The Morgan fingerprint density at radius 1 is 1.31 bits per heavy atom. The molecule has 0 saturated heterocycles. The molecule has 4 heteroatoms. The second-order valence-corrected chi connectivity index (χ2v) is 3.07. The normalized spacial score (nSPS) is 9.19. The summed E-state index contributed by atoms with van der Waals surface area (Å²) in [6.45, 7) is 0.874. The van der Waals surface area contributed by atoms with Crippen molar-refractivity contribution in [2.24, 2.45) is 0 Å². The maximum Gasteiger partial charge on any atom is 0.232 e. The van der Waals surface area contributed by atoms with Gasteiger partial charge in [-0.05, 0) is 13.1 Å². The summed E-state index contributed by atoms with van der Waals surface area (Å²) in [5.41, 5.74) is 0.777. The molecular weight excluding hydrogens is 204 g/mol. The van der Waals surface area contributed by atoms with E-state index in [0.717, 1.165) is 18.5 Å². The van der Waals surface area contributed by atoms with Crippen LogP contribution in [0.15, 0.2) is 12.1 Å². The molecule has 16 heavy (non-hydrogen) atoms. The molecule has 1 heterocycles. The minimum atomic E-state index is 0.497. The van der Waals surface area contributed by atoms with Gasteiger partial charge in [-0.15, -0.1) is 0 Å². The molecule has 1 aromatic rings. The van der Waals surface area contributed by atoms with Crippen LogP contribution < -0.4 is 14.8 Å². The highest BCUT2D eigenvalue weighted by atomic mass is 16.5. The lowest BCUT2D eigenvalue weighted by Gasteiger charge is -2.04. The molecule has 0 amide bonds. The molecule has 0 unspecified atom stereocenters. The molecule has 1 rings (SSSR count). The summed E-state index contributed by atoms with van der Waals surface area (Å²) in [7, 11) is 5.04. The predicted octanol–water partition coefficient (Wildman–Crippen LogP) is 1.06. The first kappa shape index (κ1) is 12.3. The van der Waals surface area contributed by atoms with E-state index in [1.54, 1.807) is 20.3 Å². The summed E-state index contributed by atoms with van der Waals surface area (Å²) in [5.74, 6) is 7.08. The number of rotatable bonds is 4. The number of hydrogen-bond acceptors (Lipinski definition) is 4. The van der Waals surface area contributed by atoms with Gasteiger partial charge in [0.05, 0.1) is 19.8 Å². The van der Waals surface area contributed by atoms with Gasteiger partial charge in [0.25, 0.3) is 0 Å². The fourth-order valence-electron chi connectivity index (χ4n) is 1.13. The molecule has 1 aromatic heterocycles. The van der Waals surface area contributed by atoms with Gasteiger partial charge >= 0.3 is 0 Å². The third-order valence-corrected chi connectivity index (χ3v) is 1.96. The summed E-state index contributed by atoms with van der Waals surface area (Å²) in [4.78, 5) is 4.15. The summed E-state index contributed by atoms with van der Waals surface area (Å²) in [6.07, 6.45) is 0.797. The van der Waals surface area contributed by atoms with Crippen molar-refractivity contribution in [1.29, 1.82) is 0 Å². The minimum absolute atomic E-state index is 0.497. The van der Waals surface area contributed by atoms with Crippen molar-refractivity contribution >= 4 is 0 Å². The van der Waals surface area contributed by atoms with E-state index in [-0.39, 0.29) is 0 Å². The van der Waals surface area contributed by atoms with Crippen LogP contribution in [0.4, 0.5) is 0 Å². The highest BCUT2D eigenvalue weighted by Crippen LogP contribution is 2.18. The van der Waals surface area contributed by atoms with E-state index >= 15 is 0 Å². The van der Waals surface area contributed by atoms with Crippen molar-refractivity contribution in [2.45, 2.75) is 6.42 Å². The van der Waals surface area contributed by atoms with Gasteiger partial charge in [0, 0.05) is 19.0 Å². The Kier molecular flexibility index (Phi) is 5.17. The van der Waals surface area contributed by atoms with E-state index in [0.29, 0.717) is 11.8 Å². The zero-order chi connectivity index (χ0) is 11.8. The number of methoxy groups -OCH3 is 2. The monoisotopic (exact) mass is 220 g/mol. The summed E-state index contributed by atoms with van der Waals surface area (Å²) >= 11 is 0. The van der Waals surface area contributed by atoms with Gasteiger partial charge in [-0.1, -0.05) is 11.8 Å². The van der Waals surface area contributed by atoms with E-state index in [1.165, 1.54) is 0 Å². The molecule has 0 spiro atoms. The number of nitrogens with one attached hydrogen (secondary N) is 1. The molecule has 0 saturated carbocycles. The third-order valence-electron chi connectivity index (χ3n) is 1.96. The first-order valence-corrected chi connectivity index (χ1v) is 5.04. The van der Waals surface area contributed by atoms with Gasteiger partial charge < -0.3 is 14.8 Å². The number of nitrogens with zero attached hydrogens (tertiary/aromatic N) is 1. The van der Waals surface area contributed by atoms with Crippen molar-refractivity contribution in [3.05, 3.63) is 17.7 Å². The van der Waals surface area contributed by atoms with Crippen LogP contribution in [0, 0.1) is 11.8 Å². The lowest BCUT2D eigenvalue weighted by Crippen LogP contribution is -2.05. The summed E-state index contributed by atoms with van der Waals surface area (Å²) < 4.78 is 10.1. The van der Waals surface area contributed by atoms with Crippen molar-refractivity contribution in [2.75, 3.05) is 27.8 Å². The van der Waals surface area contributed by atoms with Crippen LogP contribution in [-0.2, 0) is 0 Å². The molecule has 0 aromatic carbocycles. The van der Waals surface area contributed by atoms with Crippen LogP contribution in [0.25, 0.3) is 0 Å². The Morgan fingerprint density at radius 3 is 2.75 bits per heavy atom. The molecular formula is C12H16N2O2. The maximum atomic E-state index is 5.14. The van der Waals surface area contributed by atoms with Crippen LogP contribution in [0.2, 0.25) is 0 Å². The van der Waals surface area contributed by atoms with Gasteiger partial charge in [-0.2, -0.15) is 4.98 Å². The molecule has 0 aliphatic carbocycles. The van der Waals surface area contributed by atoms with E-state index in [9.17, 15) is 0 Å². The fraction of sp³-hybridized carbons (Fsp3) is 0.417. The SMILES string of the molecule is CNCCC#Cc1ccc(OC)nc1OC. The number of hydrogen-bond donors (Lipinski definition) is 1. The molecule has 4 nitrogen and oxygen atoms in total. The van der Waals surface area contributed by atoms with Crippen LogP contribution >= 0.6 is 0 Å². The van der Waals surface area contributed by atoms with Crippen LogP contribution in [0.5, 0.6) is 11.8 Å². The number of ether oxygens (including phenoxy) is 2. The molecule has 0 aliphatic rings. The lowest BCUT2D eigenvalue weighted by atomic mass is 10.2. The molecule has 0 atom stereocenters. The summed E-state index contributed by atoms with van der Waals surface area (Å²) in [5, 5.41) is 3.03. The van der Waals surface area contributed by atoms with Gasteiger partial charge in [0.1, 0.15) is 0 Å². The van der Waals surface area contributed by atoms with Crippen LogP contribution in [0.1, 0.15) is 12.0 Å². The highest BCUT2D eigenvalue weighted by Gasteiger charge is 2.03. The largest absolute Gasteiger partial charge is 0.481 e. The van der Waals surface area contributed by atoms with Crippen molar-refractivity contribution in [1.82, 2.24) is 10.3 Å². The smallest absolute Gasteiger partial charge is 0.232 e. The predicted molar refractivity (Wildman–Crippen MR) is 62.8 cm³/mol. The molecule has 1 N–H and O–H groups in total. The van der Waals surface area contributed by atoms with Crippen molar-refractivity contribution in [3.63, 3.8) is 0 Å².